The molecule has 5 rings (SSSR count). The van der Waals surface area contributed by atoms with E-state index in [1.165, 1.54) is 0 Å². The zero-order chi connectivity index (χ0) is 17.0. The smallest absolute Gasteiger partial charge is 0.258 e. The number of nitrogens with zero attached hydrogens (tertiary/aromatic N) is 4. The first kappa shape index (κ1) is 15.1. The fraction of sp³-hybridized carbons (Fsp3) is 0.611. The van der Waals surface area contributed by atoms with Gasteiger partial charge in [-0.25, -0.2) is 0 Å². The van der Waals surface area contributed by atoms with E-state index in [2.05, 4.69) is 14.8 Å². The molecule has 2 aromatic heterocycles. The zero-order valence-corrected chi connectivity index (χ0v) is 14.4. The van der Waals surface area contributed by atoms with Gasteiger partial charge in [-0.05, 0) is 25.3 Å². The molecular weight excluding hydrogens is 320 g/mol. The number of amides is 1. The molecule has 3 aliphatic rings. The molecule has 2 aliphatic heterocycles. The van der Waals surface area contributed by atoms with Crippen LogP contribution in [0.2, 0.25) is 0 Å². The summed E-state index contributed by atoms with van der Waals surface area (Å²) in [5, 5.41) is 8.73. The van der Waals surface area contributed by atoms with Gasteiger partial charge in [0, 0.05) is 39.0 Å². The Morgan fingerprint density at radius 3 is 3.04 bits per heavy atom. The van der Waals surface area contributed by atoms with E-state index < -0.39 is 0 Å². The third-order valence-electron chi connectivity index (χ3n) is 5.67. The van der Waals surface area contributed by atoms with Gasteiger partial charge in [-0.15, -0.1) is 10.2 Å². The van der Waals surface area contributed by atoms with Crippen molar-refractivity contribution in [2.75, 3.05) is 13.7 Å². The summed E-state index contributed by atoms with van der Waals surface area (Å²) in [6.07, 6.45) is 6.70. The summed E-state index contributed by atoms with van der Waals surface area (Å²) in [5.41, 5.74) is 0.699. The summed E-state index contributed by atoms with van der Waals surface area (Å²) in [6.45, 7) is 1.52. The largest absolute Gasteiger partial charge is 0.468 e. The Labute approximate surface area is 146 Å². The van der Waals surface area contributed by atoms with Crippen molar-refractivity contribution in [1.82, 2.24) is 19.7 Å². The van der Waals surface area contributed by atoms with Gasteiger partial charge in [0.2, 0.25) is 0 Å². The van der Waals surface area contributed by atoms with Gasteiger partial charge >= 0.3 is 0 Å². The normalized spacial score (nSPS) is 25.6. The molecule has 0 radical (unpaired) electrons. The predicted molar refractivity (Wildman–Crippen MR) is 88.2 cm³/mol. The monoisotopic (exact) mass is 342 g/mol. The van der Waals surface area contributed by atoms with Crippen LogP contribution < -0.4 is 0 Å². The molecule has 1 amide bonds. The number of ether oxygens (including phenoxy) is 1. The molecule has 132 valence electrons. The minimum atomic E-state index is -0.0845. The number of hydrogen-bond acceptors (Lipinski definition) is 5. The maximum Gasteiger partial charge on any atom is 0.258 e. The molecular formula is C18H22N4O3. The molecule has 4 heterocycles. The van der Waals surface area contributed by atoms with E-state index in [1.54, 1.807) is 19.4 Å². The van der Waals surface area contributed by atoms with Crippen molar-refractivity contribution < 1.29 is 13.9 Å². The van der Waals surface area contributed by atoms with Gasteiger partial charge in [0.15, 0.2) is 5.82 Å². The second kappa shape index (κ2) is 5.69. The lowest BCUT2D eigenvalue weighted by molar-refractivity contribution is 0.0680. The highest BCUT2D eigenvalue weighted by molar-refractivity contribution is 5.96. The summed E-state index contributed by atoms with van der Waals surface area (Å²) in [7, 11) is 1.71. The number of methoxy groups -OCH3 is 1. The molecule has 2 atom stereocenters. The number of likely N-dealkylation sites (tertiary alicyclic amines) is 1. The van der Waals surface area contributed by atoms with Crippen molar-refractivity contribution in [2.24, 2.45) is 0 Å². The molecule has 0 aromatic carbocycles. The van der Waals surface area contributed by atoms with Gasteiger partial charge in [0.1, 0.15) is 11.6 Å². The minimum absolute atomic E-state index is 0.0237. The molecule has 7 nitrogen and oxygen atoms in total. The van der Waals surface area contributed by atoms with Gasteiger partial charge in [0.05, 0.1) is 24.0 Å². The number of carbonyl (C=O) groups excluding carboxylic acids is 1. The van der Waals surface area contributed by atoms with Gasteiger partial charge < -0.3 is 18.6 Å². The second-order valence-corrected chi connectivity index (χ2v) is 7.27. The van der Waals surface area contributed by atoms with Crippen LogP contribution in [0.1, 0.15) is 65.4 Å². The maximum atomic E-state index is 13.3. The average molecular weight is 342 g/mol. The van der Waals surface area contributed by atoms with E-state index in [0.717, 1.165) is 56.1 Å². The van der Waals surface area contributed by atoms with E-state index in [0.29, 0.717) is 18.0 Å². The molecule has 0 bridgehead atoms. The molecule has 1 saturated carbocycles. The highest BCUT2D eigenvalue weighted by Gasteiger charge is 2.42. The third-order valence-corrected chi connectivity index (χ3v) is 5.67. The van der Waals surface area contributed by atoms with Crippen molar-refractivity contribution in [2.45, 2.75) is 56.7 Å². The lowest BCUT2D eigenvalue weighted by atomic mass is 10.1. The molecule has 2 aromatic rings. The van der Waals surface area contributed by atoms with Crippen molar-refractivity contribution >= 4 is 5.91 Å². The number of carbonyl (C=O) groups is 1. The summed E-state index contributed by atoms with van der Waals surface area (Å²) in [6, 6.07) is 1.72. The van der Waals surface area contributed by atoms with Gasteiger partial charge in [0.25, 0.3) is 5.91 Å². The molecule has 1 saturated heterocycles. The molecule has 2 fully saturated rings. The van der Waals surface area contributed by atoms with Crippen LogP contribution in [-0.4, -0.2) is 45.3 Å². The van der Waals surface area contributed by atoms with Crippen LogP contribution >= 0.6 is 0 Å². The van der Waals surface area contributed by atoms with E-state index in [1.807, 2.05) is 4.90 Å². The molecule has 1 aliphatic carbocycles. The van der Waals surface area contributed by atoms with Crippen LogP contribution in [0.4, 0.5) is 0 Å². The summed E-state index contributed by atoms with van der Waals surface area (Å²) >= 11 is 0. The van der Waals surface area contributed by atoms with Crippen molar-refractivity contribution in [3.05, 3.63) is 35.3 Å². The first-order chi connectivity index (χ1) is 12.3. The average Bonchev–Trinajstić information content (AvgIpc) is 3.07. The fourth-order valence-electron chi connectivity index (χ4n) is 4.17. The second-order valence-electron chi connectivity index (χ2n) is 7.27. The highest BCUT2D eigenvalue weighted by atomic mass is 16.5. The van der Waals surface area contributed by atoms with Crippen molar-refractivity contribution in [3.63, 3.8) is 0 Å². The first-order valence-electron chi connectivity index (χ1n) is 9.09. The van der Waals surface area contributed by atoms with E-state index >= 15 is 0 Å². The number of furan rings is 1. The Hall–Kier alpha value is -2.15. The Kier molecular flexibility index (Phi) is 3.45. The van der Waals surface area contributed by atoms with Crippen LogP contribution in [-0.2, 0) is 17.7 Å². The Bertz CT molecular complexity index is 807. The number of rotatable bonds is 4. The molecule has 25 heavy (non-hydrogen) atoms. The maximum absolute atomic E-state index is 13.3. The minimum Gasteiger partial charge on any atom is -0.468 e. The lowest BCUT2D eigenvalue weighted by Gasteiger charge is -2.24. The Morgan fingerprint density at radius 2 is 2.24 bits per heavy atom. The topological polar surface area (TPSA) is 73.4 Å². The SMILES string of the molecule is CO[C@@H]1C[C@@H](c2nnc3n2CCC3)N(C(=O)c2ccoc2C2CC2)C1. The quantitative estimate of drug-likeness (QED) is 0.852. The summed E-state index contributed by atoms with van der Waals surface area (Å²) in [5.74, 6) is 3.21. The number of aromatic nitrogens is 3. The van der Waals surface area contributed by atoms with E-state index in [4.69, 9.17) is 9.15 Å². The zero-order valence-electron chi connectivity index (χ0n) is 14.4. The van der Waals surface area contributed by atoms with Gasteiger partial charge in [-0.3, -0.25) is 4.79 Å². The third kappa shape index (κ3) is 2.40. The molecule has 0 spiro atoms. The molecule has 7 heteroatoms. The molecule has 0 unspecified atom stereocenters. The summed E-state index contributed by atoms with van der Waals surface area (Å²) < 4.78 is 13.4. The van der Waals surface area contributed by atoms with E-state index in [-0.39, 0.29) is 18.1 Å². The number of hydrogen-bond donors (Lipinski definition) is 0. The number of aryl methyl sites for hydroxylation is 1. The van der Waals surface area contributed by atoms with Crippen LogP contribution in [0.15, 0.2) is 16.7 Å². The first-order valence-corrected chi connectivity index (χ1v) is 9.09. The lowest BCUT2D eigenvalue weighted by Crippen LogP contribution is -2.33. The standard InChI is InChI=1S/C18H22N4O3/c1-24-12-9-14(17-20-19-15-3-2-7-21(15)17)22(10-12)18(23)13-6-8-25-16(13)11-4-5-11/h6,8,11-12,14H,2-5,7,9-10H2,1H3/t12-,14+/m1/s1. The summed E-state index contributed by atoms with van der Waals surface area (Å²) in [4.78, 5) is 15.2. The van der Waals surface area contributed by atoms with E-state index in [9.17, 15) is 4.79 Å². The van der Waals surface area contributed by atoms with Crippen LogP contribution in [0.25, 0.3) is 0 Å². The van der Waals surface area contributed by atoms with Crippen LogP contribution in [0, 0.1) is 0 Å². The highest BCUT2D eigenvalue weighted by Crippen LogP contribution is 2.43. The van der Waals surface area contributed by atoms with Crippen molar-refractivity contribution in [1.29, 1.82) is 0 Å². The Balaban J connectivity index is 1.49. The fourth-order valence-corrected chi connectivity index (χ4v) is 4.17. The van der Waals surface area contributed by atoms with Gasteiger partial charge in [-0.2, -0.15) is 0 Å². The van der Waals surface area contributed by atoms with Crippen LogP contribution in [0.3, 0.4) is 0 Å². The number of fused-ring (bicyclic) bond motifs is 1. The van der Waals surface area contributed by atoms with Crippen LogP contribution in [0.5, 0.6) is 0 Å². The van der Waals surface area contributed by atoms with Crippen molar-refractivity contribution in [3.8, 4) is 0 Å². The van der Waals surface area contributed by atoms with Gasteiger partial charge in [-0.1, -0.05) is 0 Å². The predicted octanol–water partition coefficient (Wildman–Crippen LogP) is 2.30. The molecule has 0 N–H and O–H groups in total. The Morgan fingerprint density at radius 1 is 1.36 bits per heavy atom.